The standard InChI is InChI=1S/C18H16F3NO4/c1-22(9-11-3-4-16(25-2)15(21)5-11)17(23)10-26-18(24)12-6-13(19)8-14(20)7-12/h3-8H,9-10H2,1-2H3. The van der Waals surface area contributed by atoms with Gasteiger partial charge in [0.15, 0.2) is 18.2 Å². The zero-order valence-electron chi connectivity index (χ0n) is 14.1. The van der Waals surface area contributed by atoms with E-state index >= 15 is 0 Å². The molecule has 2 rings (SSSR count). The van der Waals surface area contributed by atoms with Crippen LogP contribution in [0.25, 0.3) is 0 Å². The van der Waals surface area contributed by atoms with Crippen LogP contribution in [-0.2, 0) is 16.1 Å². The number of ether oxygens (including phenoxy) is 2. The molecule has 2 aromatic carbocycles. The molecule has 0 fully saturated rings. The van der Waals surface area contributed by atoms with Gasteiger partial charge in [-0.3, -0.25) is 4.79 Å². The molecule has 0 aliphatic carbocycles. The van der Waals surface area contributed by atoms with Crippen LogP contribution in [0.1, 0.15) is 15.9 Å². The molecule has 0 saturated carbocycles. The van der Waals surface area contributed by atoms with Crippen LogP contribution in [0.2, 0.25) is 0 Å². The SMILES string of the molecule is COc1ccc(CN(C)C(=O)COC(=O)c2cc(F)cc(F)c2)cc1F. The van der Waals surface area contributed by atoms with Gasteiger partial charge in [-0.15, -0.1) is 0 Å². The molecule has 0 radical (unpaired) electrons. The summed E-state index contributed by atoms with van der Waals surface area (Å²) >= 11 is 0. The van der Waals surface area contributed by atoms with E-state index < -0.39 is 35.9 Å². The van der Waals surface area contributed by atoms with Crippen molar-refractivity contribution in [2.75, 3.05) is 20.8 Å². The van der Waals surface area contributed by atoms with E-state index in [4.69, 9.17) is 9.47 Å². The van der Waals surface area contributed by atoms with Gasteiger partial charge in [0.1, 0.15) is 11.6 Å². The fourth-order valence-corrected chi connectivity index (χ4v) is 2.16. The van der Waals surface area contributed by atoms with Gasteiger partial charge in [-0.1, -0.05) is 6.07 Å². The van der Waals surface area contributed by atoms with Crippen molar-refractivity contribution in [3.8, 4) is 5.75 Å². The summed E-state index contributed by atoms with van der Waals surface area (Å²) in [7, 11) is 2.78. The highest BCUT2D eigenvalue weighted by Crippen LogP contribution is 2.18. The number of amides is 1. The number of rotatable bonds is 6. The summed E-state index contributed by atoms with van der Waals surface area (Å²) < 4.78 is 49.4. The number of methoxy groups -OCH3 is 1. The Morgan fingerprint density at radius 2 is 1.69 bits per heavy atom. The maximum absolute atomic E-state index is 13.6. The number of nitrogens with zero attached hydrogens (tertiary/aromatic N) is 1. The van der Waals surface area contributed by atoms with E-state index in [0.29, 0.717) is 11.6 Å². The molecule has 0 aliphatic heterocycles. The normalized spacial score (nSPS) is 10.3. The molecule has 0 aromatic heterocycles. The lowest BCUT2D eigenvalue weighted by atomic mass is 10.2. The van der Waals surface area contributed by atoms with Crippen molar-refractivity contribution in [2.24, 2.45) is 0 Å². The summed E-state index contributed by atoms with van der Waals surface area (Å²) in [6.45, 7) is -0.544. The highest BCUT2D eigenvalue weighted by atomic mass is 19.1. The van der Waals surface area contributed by atoms with Crippen LogP contribution in [0.4, 0.5) is 13.2 Å². The lowest BCUT2D eigenvalue weighted by Gasteiger charge is -2.17. The zero-order chi connectivity index (χ0) is 19.3. The summed E-state index contributed by atoms with van der Waals surface area (Å²) in [6.07, 6.45) is 0. The highest BCUT2D eigenvalue weighted by Gasteiger charge is 2.16. The molecule has 0 N–H and O–H groups in total. The van der Waals surface area contributed by atoms with Gasteiger partial charge >= 0.3 is 5.97 Å². The number of carbonyl (C=O) groups is 2. The molecule has 0 saturated heterocycles. The Hall–Kier alpha value is -3.03. The van der Waals surface area contributed by atoms with E-state index in [0.717, 1.165) is 12.1 Å². The predicted molar refractivity (Wildman–Crippen MR) is 86.1 cm³/mol. The smallest absolute Gasteiger partial charge is 0.338 e. The van der Waals surface area contributed by atoms with Crippen LogP contribution >= 0.6 is 0 Å². The Labute approximate surface area is 147 Å². The third kappa shape index (κ3) is 4.98. The van der Waals surface area contributed by atoms with Gasteiger partial charge in [-0.05, 0) is 29.8 Å². The molecule has 0 spiro atoms. The lowest BCUT2D eigenvalue weighted by Crippen LogP contribution is -2.30. The molecule has 2 aromatic rings. The molecular formula is C18H16F3NO4. The molecule has 0 aliphatic rings. The van der Waals surface area contributed by atoms with Crippen LogP contribution in [0.3, 0.4) is 0 Å². The van der Waals surface area contributed by atoms with Crippen LogP contribution < -0.4 is 4.74 Å². The Balaban J connectivity index is 1.92. The number of esters is 1. The predicted octanol–water partition coefficient (Wildman–Crippen LogP) is 2.93. The van der Waals surface area contributed by atoms with E-state index in [1.165, 1.54) is 31.2 Å². The summed E-state index contributed by atoms with van der Waals surface area (Å²) in [5, 5.41) is 0. The average molecular weight is 367 g/mol. The van der Waals surface area contributed by atoms with E-state index in [-0.39, 0.29) is 17.9 Å². The first kappa shape index (κ1) is 19.3. The first-order valence-electron chi connectivity index (χ1n) is 7.49. The van der Waals surface area contributed by atoms with Gasteiger partial charge in [0.2, 0.25) is 0 Å². The number of hydrogen-bond donors (Lipinski definition) is 0. The Bertz CT molecular complexity index is 806. The third-order valence-corrected chi connectivity index (χ3v) is 3.49. The quantitative estimate of drug-likeness (QED) is 0.737. The zero-order valence-corrected chi connectivity index (χ0v) is 14.1. The highest BCUT2D eigenvalue weighted by molar-refractivity contribution is 5.91. The molecule has 26 heavy (non-hydrogen) atoms. The minimum Gasteiger partial charge on any atom is -0.494 e. The van der Waals surface area contributed by atoms with Gasteiger partial charge < -0.3 is 14.4 Å². The third-order valence-electron chi connectivity index (χ3n) is 3.49. The van der Waals surface area contributed by atoms with Crippen LogP contribution in [0.15, 0.2) is 36.4 Å². The topological polar surface area (TPSA) is 55.8 Å². The molecule has 0 heterocycles. The molecule has 0 bridgehead atoms. The van der Waals surface area contributed by atoms with Crippen molar-refractivity contribution >= 4 is 11.9 Å². The minimum atomic E-state index is -1.03. The molecule has 8 heteroatoms. The van der Waals surface area contributed by atoms with Crippen LogP contribution in [0.5, 0.6) is 5.75 Å². The van der Waals surface area contributed by atoms with Gasteiger partial charge in [0.25, 0.3) is 5.91 Å². The van der Waals surface area contributed by atoms with E-state index in [9.17, 15) is 22.8 Å². The summed E-state index contributed by atoms with van der Waals surface area (Å²) in [4.78, 5) is 25.0. The number of benzene rings is 2. The maximum atomic E-state index is 13.6. The van der Waals surface area contributed by atoms with E-state index in [1.54, 1.807) is 6.07 Å². The second-order valence-corrected chi connectivity index (χ2v) is 5.45. The van der Waals surface area contributed by atoms with Gasteiger partial charge in [-0.25, -0.2) is 18.0 Å². The number of hydrogen-bond acceptors (Lipinski definition) is 4. The van der Waals surface area contributed by atoms with Crippen LogP contribution in [-0.4, -0.2) is 37.5 Å². The van der Waals surface area contributed by atoms with Gasteiger partial charge in [0.05, 0.1) is 12.7 Å². The largest absolute Gasteiger partial charge is 0.494 e. The van der Waals surface area contributed by atoms with Crippen molar-refractivity contribution in [1.82, 2.24) is 4.90 Å². The second kappa shape index (κ2) is 8.37. The first-order valence-corrected chi connectivity index (χ1v) is 7.49. The number of carbonyl (C=O) groups excluding carboxylic acids is 2. The van der Waals surface area contributed by atoms with Crippen molar-refractivity contribution in [1.29, 1.82) is 0 Å². The number of likely N-dealkylation sites (N-methyl/N-ethyl adjacent to an activating group) is 1. The molecule has 1 amide bonds. The molecule has 0 unspecified atom stereocenters. The Morgan fingerprint density at radius 1 is 1.04 bits per heavy atom. The second-order valence-electron chi connectivity index (χ2n) is 5.45. The molecular weight excluding hydrogens is 351 g/mol. The first-order chi connectivity index (χ1) is 12.3. The van der Waals surface area contributed by atoms with Gasteiger partial charge in [0, 0.05) is 19.7 Å². The van der Waals surface area contributed by atoms with Crippen molar-refractivity contribution in [3.63, 3.8) is 0 Å². The summed E-state index contributed by atoms with van der Waals surface area (Å²) in [5.41, 5.74) is 0.174. The number of halogens is 3. The Morgan fingerprint density at radius 3 is 2.27 bits per heavy atom. The summed E-state index contributed by atoms with van der Waals surface area (Å²) in [5.74, 6) is -3.93. The molecule has 138 valence electrons. The fourth-order valence-electron chi connectivity index (χ4n) is 2.16. The maximum Gasteiger partial charge on any atom is 0.338 e. The van der Waals surface area contributed by atoms with Crippen molar-refractivity contribution < 1.29 is 32.2 Å². The van der Waals surface area contributed by atoms with E-state index in [2.05, 4.69) is 0 Å². The Kier molecular flexibility index (Phi) is 6.21. The monoisotopic (exact) mass is 367 g/mol. The van der Waals surface area contributed by atoms with E-state index in [1.807, 2.05) is 0 Å². The minimum absolute atomic E-state index is 0.0753. The average Bonchev–Trinajstić information content (AvgIpc) is 2.58. The van der Waals surface area contributed by atoms with Crippen molar-refractivity contribution in [2.45, 2.75) is 6.54 Å². The van der Waals surface area contributed by atoms with Crippen molar-refractivity contribution in [3.05, 3.63) is 65.0 Å². The lowest BCUT2D eigenvalue weighted by molar-refractivity contribution is -0.133. The van der Waals surface area contributed by atoms with Gasteiger partial charge in [-0.2, -0.15) is 0 Å². The summed E-state index contributed by atoms with van der Waals surface area (Å²) in [6, 6.07) is 6.47. The van der Waals surface area contributed by atoms with Crippen LogP contribution in [0, 0.1) is 17.5 Å². The fraction of sp³-hybridized carbons (Fsp3) is 0.222. The molecule has 5 nitrogen and oxygen atoms in total. The molecule has 0 atom stereocenters.